The number of aliphatic hydroxyl groups is 2. The van der Waals surface area contributed by atoms with E-state index in [0.717, 1.165) is 42.0 Å². The number of benzene rings is 1. The third kappa shape index (κ3) is 4.75. The number of rotatable bonds is 6. The third-order valence-corrected chi connectivity index (χ3v) is 6.17. The van der Waals surface area contributed by atoms with Gasteiger partial charge >= 0.3 is 6.03 Å². The van der Waals surface area contributed by atoms with E-state index in [2.05, 4.69) is 26.3 Å². The lowest BCUT2D eigenvalue weighted by molar-refractivity contribution is 0.0521. The van der Waals surface area contributed by atoms with E-state index in [4.69, 9.17) is 14.8 Å². The fourth-order valence-electron chi connectivity index (χ4n) is 4.50. The van der Waals surface area contributed by atoms with Gasteiger partial charge in [0, 0.05) is 30.4 Å². The topological polar surface area (TPSA) is 124 Å². The molecule has 1 unspecified atom stereocenters. The number of urea groups is 1. The number of anilines is 3. The van der Waals surface area contributed by atoms with Crippen LogP contribution in [0.2, 0.25) is 0 Å². The molecule has 2 aromatic heterocycles. The van der Waals surface area contributed by atoms with Crippen molar-refractivity contribution in [3.05, 3.63) is 53.7 Å². The highest BCUT2D eigenvalue weighted by atomic mass is 16.5. The Bertz CT molecular complexity index is 1250. The minimum absolute atomic E-state index is 0.0111. The number of nitrogens with zero attached hydrogens (tertiary/aromatic N) is 5. The molecule has 0 aliphatic carbocycles. The third-order valence-electron chi connectivity index (χ3n) is 6.17. The molecule has 182 valence electrons. The van der Waals surface area contributed by atoms with Gasteiger partial charge in [0.15, 0.2) is 5.82 Å². The standard InChI is InChI=1S/C25H28N6O4/c1-15-4-3-5-17(10-15)20-6-7-21-23(27-20)31(18-8-9-30(21)12-18)25(34)29-24-26-16(2)11-22(28-24)35-14-19(33)13-32/h3-7,10-11,18-19,32-33H,8-9,12-14H2,1-2H3,(H,26,28,29,34)/t18-,19?/m0/s1. The predicted octanol–water partition coefficient (Wildman–Crippen LogP) is 2.52. The highest BCUT2D eigenvalue weighted by Gasteiger charge is 2.40. The maximum absolute atomic E-state index is 13.5. The number of aromatic nitrogens is 3. The van der Waals surface area contributed by atoms with E-state index in [1.54, 1.807) is 17.9 Å². The largest absolute Gasteiger partial charge is 0.475 e. The van der Waals surface area contributed by atoms with Crippen LogP contribution >= 0.6 is 0 Å². The summed E-state index contributed by atoms with van der Waals surface area (Å²) in [6.45, 7) is 4.86. The zero-order valence-electron chi connectivity index (χ0n) is 19.7. The Balaban J connectivity index is 1.43. The highest BCUT2D eigenvalue weighted by molar-refractivity contribution is 6.04. The second kappa shape index (κ2) is 9.47. The van der Waals surface area contributed by atoms with Crippen LogP contribution in [0.3, 0.4) is 0 Å². The average Bonchev–Trinajstić information content (AvgIpc) is 3.26. The quantitative estimate of drug-likeness (QED) is 0.496. The summed E-state index contributed by atoms with van der Waals surface area (Å²) in [5.41, 5.74) is 4.46. The first-order valence-electron chi connectivity index (χ1n) is 11.6. The number of hydrogen-bond donors (Lipinski definition) is 3. The molecule has 35 heavy (non-hydrogen) atoms. The molecule has 0 radical (unpaired) electrons. The molecule has 0 spiro atoms. The van der Waals surface area contributed by atoms with Crippen LogP contribution in [-0.2, 0) is 0 Å². The van der Waals surface area contributed by atoms with Gasteiger partial charge in [-0.2, -0.15) is 4.98 Å². The number of fused-ring (bicyclic) bond motifs is 4. The van der Waals surface area contributed by atoms with Gasteiger partial charge < -0.3 is 19.8 Å². The number of carbonyl (C=O) groups excluding carboxylic acids is 1. The van der Waals surface area contributed by atoms with Crippen molar-refractivity contribution in [2.45, 2.75) is 32.4 Å². The zero-order chi connectivity index (χ0) is 24.5. The molecule has 2 bridgehead atoms. The number of aliphatic hydroxyl groups excluding tert-OH is 2. The lowest BCUT2D eigenvalue weighted by Gasteiger charge is -2.35. The first-order chi connectivity index (χ1) is 16.9. The Morgan fingerprint density at radius 2 is 2.06 bits per heavy atom. The number of carbonyl (C=O) groups is 1. The van der Waals surface area contributed by atoms with Crippen molar-refractivity contribution >= 4 is 23.5 Å². The summed E-state index contributed by atoms with van der Waals surface area (Å²) in [7, 11) is 0. The van der Waals surface area contributed by atoms with Gasteiger partial charge in [-0.15, -0.1) is 0 Å². The van der Waals surface area contributed by atoms with Crippen LogP contribution in [0.4, 0.5) is 22.2 Å². The van der Waals surface area contributed by atoms with Crippen LogP contribution in [0.5, 0.6) is 5.88 Å². The normalized spacial score (nSPS) is 17.2. The molecule has 1 fully saturated rings. The molecule has 10 nitrogen and oxygen atoms in total. The van der Waals surface area contributed by atoms with Crippen molar-refractivity contribution in [2.24, 2.45) is 0 Å². The van der Waals surface area contributed by atoms with Crippen LogP contribution in [0.25, 0.3) is 11.3 Å². The molecule has 1 saturated heterocycles. The fourth-order valence-corrected chi connectivity index (χ4v) is 4.50. The van der Waals surface area contributed by atoms with Crippen LogP contribution in [0.15, 0.2) is 42.5 Å². The number of pyridine rings is 1. The van der Waals surface area contributed by atoms with Crippen molar-refractivity contribution in [3.63, 3.8) is 0 Å². The first-order valence-corrected chi connectivity index (χ1v) is 11.6. The Hall–Kier alpha value is -3.76. The molecule has 2 aliphatic rings. The van der Waals surface area contributed by atoms with Crippen molar-refractivity contribution in [3.8, 4) is 17.1 Å². The molecule has 0 saturated carbocycles. The van der Waals surface area contributed by atoms with E-state index in [0.29, 0.717) is 11.5 Å². The maximum atomic E-state index is 13.5. The SMILES string of the molecule is Cc1cccc(-c2ccc3c(n2)N(C(=O)Nc2nc(C)cc(OCC(O)CO)n2)[C@H]2CCN3C2)c1. The predicted molar refractivity (Wildman–Crippen MR) is 132 cm³/mol. The van der Waals surface area contributed by atoms with E-state index in [-0.39, 0.29) is 30.5 Å². The van der Waals surface area contributed by atoms with Crippen molar-refractivity contribution < 1.29 is 19.7 Å². The fraction of sp³-hybridized carbons (Fsp3) is 0.360. The first kappa shape index (κ1) is 23.0. The van der Waals surface area contributed by atoms with Gasteiger partial charge in [-0.05, 0) is 38.5 Å². The number of aryl methyl sites for hydroxylation is 2. The monoisotopic (exact) mass is 476 g/mol. The second-order valence-corrected chi connectivity index (χ2v) is 8.92. The lowest BCUT2D eigenvalue weighted by atomic mass is 10.1. The summed E-state index contributed by atoms with van der Waals surface area (Å²) in [6, 6.07) is 13.4. The molecule has 5 rings (SSSR count). The summed E-state index contributed by atoms with van der Waals surface area (Å²) >= 11 is 0. The molecule has 2 amide bonds. The smallest absolute Gasteiger partial charge is 0.330 e. The minimum atomic E-state index is -1.02. The lowest BCUT2D eigenvalue weighted by Crippen LogP contribution is -2.48. The summed E-state index contributed by atoms with van der Waals surface area (Å²) in [6.07, 6.45) is -0.182. The van der Waals surface area contributed by atoms with Gasteiger partial charge in [-0.3, -0.25) is 10.2 Å². The number of nitrogens with one attached hydrogen (secondary N) is 1. The molecule has 3 N–H and O–H groups in total. The number of amides is 2. The zero-order valence-corrected chi connectivity index (χ0v) is 19.7. The van der Waals surface area contributed by atoms with E-state index in [9.17, 15) is 9.90 Å². The Morgan fingerprint density at radius 3 is 2.86 bits per heavy atom. The van der Waals surface area contributed by atoms with Gasteiger partial charge in [0.05, 0.1) is 24.0 Å². The van der Waals surface area contributed by atoms with Crippen molar-refractivity contribution in [2.75, 3.05) is 41.4 Å². The van der Waals surface area contributed by atoms with Crippen LogP contribution < -0.4 is 19.9 Å². The van der Waals surface area contributed by atoms with Gasteiger partial charge in [0.25, 0.3) is 0 Å². The number of ether oxygens (including phenoxy) is 1. The molecular formula is C25H28N6O4. The van der Waals surface area contributed by atoms with E-state index in [1.807, 2.05) is 37.3 Å². The Morgan fingerprint density at radius 1 is 1.20 bits per heavy atom. The van der Waals surface area contributed by atoms with Gasteiger partial charge in [0.1, 0.15) is 12.7 Å². The van der Waals surface area contributed by atoms with E-state index in [1.165, 1.54) is 0 Å². The van der Waals surface area contributed by atoms with Crippen molar-refractivity contribution in [1.29, 1.82) is 0 Å². The van der Waals surface area contributed by atoms with Crippen molar-refractivity contribution in [1.82, 2.24) is 15.0 Å². The van der Waals surface area contributed by atoms with Crippen LogP contribution in [0.1, 0.15) is 17.7 Å². The average molecular weight is 477 g/mol. The van der Waals surface area contributed by atoms with E-state index < -0.39 is 12.7 Å². The molecule has 3 aromatic rings. The maximum Gasteiger partial charge on any atom is 0.330 e. The molecule has 10 heteroatoms. The molecule has 2 aliphatic heterocycles. The molecule has 1 aromatic carbocycles. The highest BCUT2D eigenvalue weighted by Crippen LogP contribution is 2.40. The summed E-state index contributed by atoms with van der Waals surface area (Å²) in [4.78, 5) is 31.0. The summed E-state index contributed by atoms with van der Waals surface area (Å²) in [5, 5.41) is 21.3. The minimum Gasteiger partial charge on any atom is -0.475 e. The Labute approximate surface area is 203 Å². The Kier molecular flexibility index (Phi) is 6.23. The second-order valence-electron chi connectivity index (χ2n) is 8.92. The number of hydrogen-bond acceptors (Lipinski definition) is 8. The summed E-state index contributed by atoms with van der Waals surface area (Å²) in [5.74, 6) is 0.914. The van der Waals surface area contributed by atoms with Crippen LogP contribution in [-0.4, -0.2) is 69.6 Å². The summed E-state index contributed by atoms with van der Waals surface area (Å²) < 4.78 is 5.44. The molecule has 2 atom stereocenters. The van der Waals surface area contributed by atoms with Gasteiger partial charge in [0.2, 0.25) is 11.8 Å². The molecule has 4 heterocycles. The van der Waals surface area contributed by atoms with Gasteiger partial charge in [-0.1, -0.05) is 23.8 Å². The van der Waals surface area contributed by atoms with Crippen LogP contribution in [0, 0.1) is 13.8 Å². The molecular weight excluding hydrogens is 448 g/mol. The van der Waals surface area contributed by atoms with Gasteiger partial charge in [-0.25, -0.2) is 14.8 Å². The van der Waals surface area contributed by atoms with E-state index >= 15 is 0 Å².